The normalized spacial score (nSPS) is 18.1. The summed E-state index contributed by atoms with van der Waals surface area (Å²) in [6, 6.07) is 14.2. The molecule has 1 aliphatic heterocycles. The van der Waals surface area contributed by atoms with Gasteiger partial charge in [-0.2, -0.15) is 0 Å². The number of fused-ring (bicyclic) bond motifs is 1. The number of benzene rings is 1. The summed E-state index contributed by atoms with van der Waals surface area (Å²) in [5.41, 5.74) is 1.84. The Bertz CT molecular complexity index is 998. The Morgan fingerprint density at radius 3 is 2.82 bits per heavy atom. The quantitative estimate of drug-likeness (QED) is 0.638. The number of nitrogens with zero attached hydrogens (tertiary/aromatic N) is 5. The number of anilines is 1. The number of aromatic nitrogens is 3. The molecule has 1 unspecified atom stereocenters. The molecular formula is C21H26ClN5O. The minimum absolute atomic E-state index is 0.0617. The number of hydrogen-bond acceptors (Lipinski definition) is 4. The van der Waals surface area contributed by atoms with E-state index in [0.717, 1.165) is 44.0 Å². The van der Waals surface area contributed by atoms with Gasteiger partial charge in [0.15, 0.2) is 5.65 Å². The van der Waals surface area contributed by atoms with Gasteiger partial charge in [-0.3, -0.25) is 9.30 Å². The highest BCUT2D eigenvalue weighted by atomic mass is 35.5. The summed E-state index contributed by atoms with van der Waals surface area (Å²) in [6.07, 6.45) is 3.78. The fourth-order valence-corrected chi connectivity index (χ4v) is 4.20. The maximum absolute atomic E-state index is 12.4. The molecule has 0 N–H and O–H groups in total. The van der Waals surface area contributed by atoms with Crippen LogP contribution in [0, 0.1) is 0 Å². The lowest BCUT2D eigenvalue weighted by molar-refractivity contribution is 0.167. The van der Waals surface area contributed by atoms with Crippen molar-refractivity contribution in [3.8, 4) is 0 Å². The van der Waals surface area contributed by atoms with E-state index in [1.165, 1.54) is 5.69 Å². The zero-order valence-electron chi connectivity index (χ0n) is 16.2. The van der Waals surface area contributed by atoms with E-state index in [2.05, 4.69) is 27.9 Å². The van der Waals surface area contributed by atoms with Crippen molar-refractivity contribution in [3.63, 3.8) is 0 Å². The summed E-state index contributed by atoms with van der Waals surface area (Å²) in [5, 5.41) is 5.21. The molecular weight excluding hydrogens is 374 g/mol. The molecule has 1 fully saturated rings. The van der Waals surface area contributed by atoms with E-state index < -0.39 is 0 Å². The molecule has 148 valence electrons. The van der Waals surface area contributed by atoms with E-state index in [1.807, 2.05) is 36.4 Å². The zero-order chi connectivity index (χ0) is 19.5. The van der Waals surface area contributed by atoms with Gasteiger partial charge in [0, 0.05) is 55.7 Å². The Hall–Kier alpha value is -2.31. The topological polar surface area (TPSA) is 45.8 Å². The number of rotatable bonds is 6. The molecule has 0 spiro atoms. The van der Waals surface area contributed by atoms with E-state index in [9.17, 15) is 4.79 Å². The molecule has 1 atom stereocenters. The highest BCUT2D eigenvalue weighted by Gasteiger charge is 2.25. The van der Waals surface area contributed by atoms with Crippen LogP contribution in [-0.4, -0.2) is 51.3 Å². The average Bonchev–Trinajstić information content (AvgIpc) is 3.04. The Labute approximate surface area is 169 Å². The molecule has 3 aromatic rings. The van der Waals surface area contributed by atoms with Gasteiger partial charge in [-0.25, -0.2) is 9.48 Å². The lowest BCUT2D eigenvalue weighted by Crippen LogP contribution is -2.53. The highest BCUT2D eigenvalue weighted by Crippen LogP contribution is 2.23. The predicted molar refractivity (Wildman–Crippen MR) is 113 cm³/mol. The van der Waals surface area contributed by atoms with Crippen molar-refractivity contribution in [3.05, 3.63) is 64.2 Å². The van der Waals surface area contributed by atoms with Crippen LogP contribution < -0.4 is 10.6 Å². The number of hydrogen-bond donors (Lipinski definition) is 0. The van der Waals surface area contributed by atoms with Crippen molar-refractivity contribution in [2.45, 2.75) is 32.4 Å². The predicted octanol–water partition coefficient (Wildman–Crippen LogP) is 3.14. The Morgan fingerprint density at radius 1 is 1.14 bits per heavy atom. The largest absolute Gasteiger partial charge is 0.369 e. The van der Waals surface area contributed by atoms with Crippen LogP contribution in [0.5, 0.6) is 0 Å². The molecule has 0 bridgehead atoms. The van der Waals surface area contributed by atoms with Crippen molar-refractivity contribution in [2.75, 3.05) is 31.1 Å². The second-order valence-corrected chi connectivity index (χ2v) is 7.75. The number of piperazine rings is 1. The van der Waals surface area contributed by atoms with Crippen LogP contribution in [0.4, 0.5) is 5.69 Å². The van der Waals surface area contributed by atoms with Crippen molar-refractivity contribution in [2.24, 2.45) is 0 Å². The summed E-state index contributed by atoms with van der Waals surface area (Å²) in [6.45, 7) is 6.88. The first kappa shape index (κ1) is 19.0. The minimum atomic E-state index is -0.0617. The van der Waals surface area contributed by atoms with Gasteiger partial charge in [0.25, 0.3) is 0 Å². The van der Waals surface area contributed by atoms with Crippen LogP contribution >= 0.6 is 11.6 Å². The van der Waals surface area contributed by atoms with Gasteiger partial charge in [0.2, 0.25) is 0 Å². The smallest absolute Gasteiger partial charge is 0.350 e. The fourth-order valence-electron chi connectivity index (χ4n) is 4.02. The zero-order valence-corrected chi connectivity index (χ0v) is 16.9. The van der Waals surface area contributed by atoms with E-state index in [0.29, 0.717) is 18.2 Å². The summed E-state index contributed by atoms with van der Waals surface area (Å²) in [7, 11) is 0. The van der Waals surface area contributed by atoms with Crippen molar-refractivity contribution >= 4 is 22.9 Å². The Balaban J connectivity index is 1.36. The molecule has 0 saturated carbocycles. The van der Waals surface area contributed by atoms with Gasteiger partial charge >= 0.3 is 5.69 Å². The monoisotopic (exact) mass is 399 g/mol. The molecule has 0 aliphatic carbocycles. The summed E-state index contributed by atoms with van der Waals surface area (Å²) < 4.78 is 3.18. The van der Waals surface area contributed by atoms with Crippen LogP contribution in [0.1, 0.15) is 19.8 Å². The van der Waals surface area contributed by atoms with E-state index in [4.69, 9.17) is 11.6 Å². The third-order valence-corrected chi connectivity index (χ3v) is 5.79. The summed E-state index contributed by atoms with van der Waals surface area (Å²) in [5.74, 6) is 0. The average molecular weight is 400 g/mol. The van der Waals surface area contributed by atoms with E-state index >= 15 is 0 Å². The summed E-state index contributed by atoms with van der Waals surface area (Å²) >= 11 is 6.16. The minimum Gasteiger partial charge on any atom is -0.369 e. The molecule has 4 rings (SSSR count). The Kier molecular flexibility index (Phi) is 5.69. The second-order valence-electron chi connectivity index (χ2n) is 7.31. The molecule has 1 saturated heterocycles. The fraction of sp³-hybridized carbons (Fsp3) is 0.429. The highest BCUT2D eigenvalue weighted by molar-refractivity contribution is 6.30. The maximum atomic E-state index is 12.4. The molecule has 1 aromatic carbocycles. The van der Waals surface area contributed by atoms with Gasteiger partial charge in [-0.15, -0.1) is 5.10 Å². The van der Waals surface area contributed by atoms with Gasteiger partial charge in [0.05, 0.1) is 0 Å². The molecule has 0 radical (unpaired) electrons. The van der Waals surface area contributed by atoms with Crippen molar-refractivity contribution < 1.29 is 0 Å². The molecule has 0 amide bonds. The molecule has 1 aliphatic rings. The molecule has 6 nitrogen and oxygen atoms in total. The first-order valence-corrected chi connectivity index (χ1v) is 10.3. The van der Waals surface area contributed by atoms with Gasteiger partial charge < -0.3 is 4.90 Å². The lowest BCUT2D eigenvalue weighted by Gasteiger charge is -2.42. The van der Waals surface area contributed by atoms with Crippen molar-refractivity contribution in [1.29, 1.82) is 0 Å². The first-order chi connectivity index (χ1) is 13.7. The first-order valence-electron chi connectivity index (χ1n) is 9.94. The third-order valence-electron chi connectivity index (χ3n) is 5.55. The van der Waals surface area contributed by atoms with Crippen LogP contribution in [0.15, 0.2) is 53.5 Å². The molecule has 7 heteroatoms. The van der Waals surface area contributed by atoms with Crippen LogP contribution in [-0.2, 0) is 6.54 Å². The second kappa shape index (κ2) is 8.37. The van der Waals surface area contributed by atoms with E-state index in [-0.39, 0.29) is 5.69 Å². The summed E-state index contributed by atoms with van der Waals surface area (Å²) in [4.78, 5) is 17.4. The van der Waals surface area contributed by atoms with Gasteiger partial charge in [-0.1, -0.05) is 30.7 Å². The van der Waals surface area contributed by atoms with Gasteiger partial charge in [0.1, 0.15) is 0 Å². The number of halogens is 1. The molecule has 28 heavy (non-hydrogen) atoms. The third kappa shape index (κ3) is 3.93. The van der Waals surface area contributed by atoms with Crippen LogP contribution in [0.2, 0.25) is 5.02 Å². The van der Waals surface area contributed by atoms with Crippen LogP contribution in [0.3, 0.4) is 0 Å². The number of pyridine rings is 1. The van der Waals surface area contributed by atoms with Crippen LogP contribution in [0.25, 0.3) is 5.65 Å². The Morgan fingerprint density at radius 2 is 2.04 bits per heavy atom. The lowest BCUT2D eigenvalue weighted by atomic mass is 10.1. The van der Waals surface area contributed by atoms with E-state index in [1.54, 1.807) is 15.3 Å². The number of aryl methyl sites for hydroxylation is 1. The molecule has 2 aromatic heterocycles. The SMILES string of the molecule is CCC1CN(c2cccc(Cl)c2)CCN1CCCn1nc2ccccn2c1=O. The molecule has 3 heterocycles. The maximum Gasteiger partial charge on any atom is 0.350 e. The van der Waals surface area contributed by atoms with Crippen molar-refractivity contribution in [1.82, 2.24) is 19.1 Å². The standard InChI is InChI=1S/C21H26ClN5O/c1-2-18-16-25(19-8-5-7-17(22)15-19)14-13-24(18)10-6-12-27-21(28)26-11-4-3-9-20(26)23-27/h3-5,7-9,11,15,18H,2,6,10,12-14,16H2,1H3. The van der Waals surface area contributed by atoms with Gasteiger partial charge in [-0.05, 0) is 43.2 Å².